The molecule has 0 unspecified atom stereocenters. The summed E-state index contributed by atoms with van der Waals surface area (Å²) in [7, 11) is 1.94. The fraction of sp³-hybridized carbons (Fsp3) is 0.300. The number of rotatable bonds is 4. The second-order valence-electron chi connectivity index (χ2n) is 6.44. The lowest BCUT2D eigenvalue weighted by atomic mass is 10.1. The van der Waals surface area contributed by atoms with Gasteiger partial charge in [0.25, 0.3) is 5.91 Å². The Bertz CT molecular complexity index is 907. The molecule has 26 heavy (non-hydrogen) atoms. The van der Waals surface area contributed by atoms with Gasteiger partial charge in [-0.3, -0.25) is 4.79 Å². The number of aryl methyl sites for hydroxylation is 1. The van der Waals surface area contributed by atoms with Crippen molar-refractivity contribution in [1.82, 2.24) is 14.9 Å². The molecule has 3 heterocycles. The highest BCUT2D eigenvalue weighted by Crippen LogP contribution is 2.21. The molecule has 0 radical (unpaired) electrons. The van der Waals surface area contributed by atoms with Gasteiger partial charge < -0.3 is 19.4 Å². The smallest absolute Gasteiger partial charge is 0.253 e. The summed E-state index contributed by atoms with van der Waals surface area (Å²) in [5, 5.41) is 4.02. The standard InChI is InChI=1S/C20H21N3O3/c1-23-12-15(14-6-2-3-7-17(14)23)20(24)22-16-13-25-11-9-18(16)26-19-8-4-5-10-21-19/h2-8,10,12,16,18H,9,11,13H2,1H3,(H,22,24)/t16-,18-/m1/s1. The van der Waals surface area contributed by atoms with Crippen LogP contribution in [-0.2, 0) is 11.8 Å². The van der Waals surface area contributed by atoms with E-state index in [9.17, 15) is 4.79 Å². The largest absolute Gasteiger partial charge is 0.472 e. The molecule has 2 atom stereocenters. The summed E-state index contributed by atoms with van der Waals surface area (Å²) in [5.41, 5.74) is 1.68. The molecule has 134 valence electrons. The summed E-state index contributed by atoms with van der Waals surface area (Å²) >= 11 is 0. The molecule has 1 aliphatic rings. The van der Waals surface area contributed by atoms with Gasteiger partial charge in [0.1, 0.15) is 6.10 Å². The quantitative estimate of drug-likeness (QED) is 0.784. The molecule has 4 rings (SSSR count). The van der Waals surface area contributed by atoms with Gasteiger partial charge in [0, 0.05) is 42.8 Å². The van der Waals surface area contributed by atoms with E-state index in [-0.39, 0.29) is 18.1 Å². The first-order valence-corrected chi connectivity index (χ1v) is 8.73. The van der Waals surface area contributed by atoms with E-state index >= 15 is 0 Å². The average Bonchev–Trinajstić information content (AvgIpc) is 3.01. The first-order valence-electron chi connectivity index (χ1n) is 8.73. The molecular weight excluding hydrogens is 330 g/mol. The zero-order chi connectivity index (χ0) is 17.9. The number of hydrogen-bond donors (Lipinski definition) is 1. The van der Waals surface area contributed by atoms with Crippen molar-refractivity contribution in [2.24, 2.45) is 7.05 Å². The third-order valence-corrected chi connectivity index (χ3v) is 4.66. The van der Waals surface area contributed by atoms with Crippen LogP contribution in [0.5, 0.6) is 5.88 Å². The molecule has 1 aromatic carbocycles. The summed E-state index contributed by atoms with van der Waals surface area (Å²) < 4.78 is 13.5. The van der Waals surface area contributed by atoms with Crippen LogP contribution in [0.2, 0.25) is 0 Å². The molecule has 1 N–H and O–H groups in total. The molecule has 1 aliphatic heterocycles. The Morgan fingerprint density at radius 3 is 2.96 bits per heavy atom. The van der Waals surface area contributed by atoms with Gasteiger partial charge in [-0.1, -0.05) is 24.3 Å². The zero-order valence-electron chi connectivity index (χ0n) is 14.6. The number of carbonyl (C=O) groups excluding carboxylic acids is 1. The molecule has 0 saturated carbocycles. The molecule has 1 fully saturated rings. The van der Waals surface area contributed by atoms with Crippen LogP contribution < -0.4 is 10.1 Å². The van der Waals surface area contributed by atoms with Gasteiger partial charge in [-0.25, -0.2) is 4.98 Å². The molecule has 0 aliphatic carbocycles. The summed E-state index contributed by atoms with van der Waals surface area (Å²) in [5.74, 6) is 0.440. The molecule has 1 amide bonds. The van der Waals surface area contributed by atoms with Gasteiger partial charge in [0.2, 0.25) is 5.88 Å². The maximum absolute atomic E-state index is 12.9. The van der Waals surface area contributed by atoms with Crippen LogP contribution in [0, 0.1) is 0 Å². The summed E-state index contributed by atoms with van der Waals surface area (Å²) in [4.78, 5) is 17.1. The molecule has 6 heteroatoms. The van der Waals surface area contributed by atoms with E-state index in [2.05, 4.69) is 10.3 Å². The monoisotopic (exact) mass is 351 g/mol. The van der Waals surface area contributed by atoms with E-state index in [0.29, 0.717) is 31.1 Å². The Hall–Kier alpha value is -2.86. The number of nitrogens with one attached hydrogen (secondary N) is 1. The molecule has 3 aromatic rings. The Balaban J connectivity index is 1.53. The Labute approximate surface area is 151 Å². The van der Waals surface area contributed by atoms with Crippen molar-refractivity contribution in [3.05, 3.63) is 60.4 Å². The van der Waals surface area contributed by atoms with Crippen LogP contribution in [0.3, 0.4) is 0 Å². The minimum atomic E-state index is -0.225. The van der Waals surface area contributed by atoms with E-state index < -0.39 is 0 Å². The zero-order valence-corrected chi connectivity index (χ0v) is 14.6. The predicted molar refractivity (Wildman–Crippen MR) is 98.3 cm³/mol. The maximum atomic E-state index is 12.9. The maximum Gasteiger partial charge on any atom is 0.253 e. The van der Waals surface area contributed by atoms with Gasteiger partial charge in [-0.05, 0) is 12.1 Å². The van der Waals surface area contributed by atoms with Crippen LogP contribution in [0.4, 0.5) is 0 Å². The lowest BCUT2D eigenvalue weighted by molar-refractivity contribution is -0.00446. The second-order valence-corrected chi connectivity index (χ2v) is 6.44. The molecular formula is C20H21N3O3. The Morgan fingerprint density at radius 1 is 1.27 bits per heavy atom. The number of carbonyl (C=O) groups is 1. The number of nitrogens with zero attached hydrogens (tertiary/aromatic N) is 2. The van der Waals surface area contributed by atoms with E-state index in [1.54, 1.807) is 6.20 Å². The number of fused-ring (bicyclic) bond motifs is 1. The fourth-order valence-corrected chi connectivity index (χ4v) is 3.33. The predicted octanol–water partition coefficient (Wildman–Crippen LogP) is 2.54. The number of benzene rings is 1. The third-order valence-electron chi connectivity index (χ3n) is 4.66. The Kier molecular flexibility index (Phi) is 4.58. The summed E-state index contributed by atoms with van der Waals surface area (Å²) in [6.45, 7) is 1.03. The highest BCUT2D eigenvalue weighted by Gasteiger charge is 2.30. The van der Waals surface area contributed by atoms with Crippen LogP contribution in [-0.4, -0.2) is 40.8 Å². The van der Waals surface area contributed by atoms with E-state index in [1.807, 2.05) is 60.3 Å². The highest BCUT2D eigenvalue weighted by atomic mass is 16.5. The van der Waals surface area contributed by atoms with Crippen LogP contribution in [0.15, 0.2) is 54.9 Å². The van der Waals surface area contributed by atoms with Gasteiger partial charge in [-0.2, -0.15) is 0 Å². The third kappa shape index (κ3) is 3.28. The molecule has 2 aromatic heterocycles. The van der Waals surface area contributed by atoms with Crippen molar-refractivity contribution in [1.29, 1.82) is 0 Å². The van der Waals surface area contributed by atoms with Crippen molar-refractivity contribution in [3.63, 3.8) is 0 Å². The molecule has 6 nitrogen and oxygen atoms in total. The normalized spacial score (nSPS) is 20.0. The first-order chi connectivity index (χ1) is 12.7. The van der Waals surface area contributed by atoms with E-state index in [0.717, 1.165) is 10.9 Å². The molecule has 0 bridgehead atoms. The number of pyridine rings is 1. The first kappa shape index (κ1) is 16.6. The number of amides is 1. The lowest BCUT2D eigenvalue weighted by Gasteiger charge is -2.32. The average molecular weight is 351 g/mol. The SMILES string of the molecule is Cn1cc(C(=O)N[C@@H]2COCC[C@H]2Oc2ccccn2)c2ccccc21. The molecule has 0 spiro atoms. The van der Waals surface area contributed by atoms with E-state index in [4.69, 9.17) is 9.47 Å². The fourth-order valence-electron chi connectivity index (χ4n) is 3.33. The minimum absolute atomic E-state index is 0.119. The van der Waals surface area contributed by atoms with E-state index in [1.165, 1.54) is 0 Å². The number of hydrogen-bond acceptors (Lipinski definition) is 4. The van der Waals surface area contributed by atoms with Gasteiger partial charge in [0.05, 0.1) is 24.8 Å². The summed E-state index contributed by atoms with van der Waals surface area (Å²) in [6, 6.07) is 13.2. The van der Waals surface area contributed by atoms with Crippen molar-refractivity contribution in [2.45, 2.75) is 18.6 Å². The van der Waals surface area contributed by atoms with Crippen molar-refractivity contribution in [2.75, 3.05) is 13.2 Å². The second kappa shape index (κ2) is 7.17. The highest BCUT2D eigenvalue weighted by molar-refractivity contribution is 6.07. The van der Waals surface area contributed by atoms with Crippen LogP contribution >= 0.6 is 0 Å². The van der Waals surface area contributed by atoms with Gasteiger partial charge in [0.15, 0.2) is 0 Å². The minimum Gasteiger partial charge on any atom is -0.472 e. The van der Waals surface area contributed by atoms with Gasteiger partial charge >= 0.3 is 0 Å². The number of aromatic nitrogens is 2. The van der Waals surface area contributed by atoms with Crippen molar-refractivity contribution in [3.8, 4) is 5.88 Å². The number of para-hydroxylation sites is 1. The molecule has 1 saturated heterocycles. The van der Waals surface area contributed by atoms with Gasteiger partial charge in [-0.15, -0.1) is 0 Å². The topological polar surface area (TPSA) is 65.4 Å². The number of ether oxygens (including phenoxy) is 2. The van der Waals surface area contributed by atoms with Crippen LogP contribution in [0.25, 0.3) is 10.9 Å². The van der Waals surface area contributed by atoms with Crippen molar-refractivity contribution >= 4 is 16.8 Å². The Morgan fingerprint density at radius 2 is 2.12 bits per heavy atom. The van der Waals surface area contributed by atoms with Crippen molar-refractivity contribution < 1.29 is 14.3 Å². The van der Waals surface area contributed by atoms with Crippen LogP contribution in [0.1, 0.15) is 16.8 Å². The lowest BCUT2D eigenvalue weighted by Crippen LogP contribution is -2.51. The summed E-state index contributed by atoms with van der Waals surface area (Å²) in [6.07, 6.45) is 4.09.